The van der Waals surface area contributed by atoms with Gasteiger partial charge in [-0.1, -0.05) is 0 Å². The SMILES string of the molecule is COc1cc(C)c(C)cc1-c1cc(C(=O)O)nn1C. The van der Waals surface area contributed by atoms with Gasteiger partial charge < -0.3 is 9.84 Å². The maximum Gasteiger partial charge on any atom is 0.356 e. The molecule has 5 heteroatoms. The monoisotopic (exact) mass is 260 g/mol. The summed E-state index contributed by atoms with van der Waals surface area (Å²) in [7, 11) is 3.32. The van der Waals surface area contributed by atoms with Gasteiger partial charge in [-0.05, 0) is 43.2 Å². The number of nitrogens with zero attached hydrogens (tertiary/aromatic N) is 2. The lowest BCUT2D eigenvalue weighted by Crippen LogP contribution is -2.00. The molecule has 1 aromatic heterocycles. The van der Waals surface area contributed by atoms with Crippen molar-refractivity contribution in [3.05, 3.63) is 35.0 Å². The predicted octanol–water partition coefficient (Wildman–Crippen LogP) is 2.41. The Morgan fingerprint density at radius 3 is 2.42 bits per heavy atom. The summed E-state index contributed by atoms with van der Waals surface area (Å²) in [5.74, 6) is -0.326. The number of ether oxygens (including phenoxy) is 1. The topological polar surface area (TPSA) is 64.3 Å². The lowest BCUT2D eigenvalue weighted by molar-refractivity contribution is 0.0689. The van der Waals surface area contributed by atoms with Crippen LogP contribution in [0.15, 0.2) is 18.2 Å². The first-order chi connectivity index (χ1) is 8.93. The van der Waals surface area contributed by atoms with E-state index in [1.165, 1.54) is 0 Å². The summed E-state index contributed by atoms with van der Waals surface area (Å²) in [6, 6.07) is 5.48. The average Bonchev–Trinajstić information content (AvgIpc) is 2.74. The van der Waals surface area contributed by atoms with Crippen molar-refractivity contribution in [1.29, 1.82) is 0 Å². The zero-order valence-corrected chi connectivity index (χ0v) is 11.4. The molecule has 0 aliphatic rings. The number of hydrogen-bond donors (Lipinski definition) is 1. The standard InChI is InChI=1S/C14H16N2O3/c1-8-5-10(13(19-4)6-9(8)2)12-7-11(14(17)18)15-16(12)3/h5-7H,1-4H3,(H,17,18). The second-order valence-electron chi connectivity index (χ2n) is 4.48. The van der Waals surface area contributed by atoms with Crippen LogP contribution in [0.4, 0.5) is 0 Å². The zero-order chi connectivity index (χ0) is 14.2. The fourth-order valence-electron chi connectivity index (χ4n) is 1.98. The lowest BCUT2D eigenvalue weighted by atomic mass is 10.0. The van der Waals surface area contributed by atoms with E-state index < -0.39 is 5.97 Å². The van der Waals surface area contributed by atoms with Crippen LogP contribution in [0.2, 0.25) is 0 Å². The smallest absolute Gasteiger partial charge is 0.356 e. The van der Waals surface area contributed by atoms with Crippen LogP contribution in [0.3, 0.4) is 0 Å². The van der Waals surface area contributed by atoms with Gasteiger partial charge in [0.1, 0.15) is 5.75 Å². The fraction of sp³-hybridized carbons (Fsp3) is 0.286. The van der Waals surface area contributed by atoms with Gasteiger partial charge in [-0.3, -0.25) is 4.68 Å². The Hall–Kier alpha value is -2.30. The van der Waals surface area contributed by atoms with E-state index in [0.717, 1.165) is 22.4 Å². The molecule has 1 heterocycles. The largest absolute Gasteiger partial charge is 0.496 e. The molecule has 0 aliphatic carbocycles. The molecule has 1 N–H and O–H groups in total. The second kappa shape index (κ2) is 4.76. The zero-order valence-electron chi connectivity index (χ0n) is 11.4. The molecular weight excluding hydrogens is 244 g/mol. The van der Waals surface area contributed by atoms with Crippen LogP contribution in [0.1, 0.15) is 21.6 Å². The summed E-state index contributed by atoms with van der Waals surface area (Å²) in [6.07, 6.45) is 0. The minimum Gasteiger partial charge on any atom is -0.496 e. The van der Waals surface area contributed by atoms with Crippen molar-refractivity contribution < 1.29 is 14.6 Å². The van der Waals surface area contributed by atoms with Gasteiger partial charge >= 0.3 is 5.97 Å². The van der Waals surface area contributed by atoms with E-state index in [1.54, 1.807) is 24.9 Å². The minimum absolute atomic E-state index is 0.0257. The van der Waals surface area contributed by atoms with Crippen LogP contribution >= 0.6 is 0 Å². The van der Waals surface area contributed by atoms with Gasteiger partial charge in [0.15, 0.2) is 5.69 Å². The second-order valence-corrected chi connectivity index (χ2v) is 4.48. The lowest BCUT2D eigenvalue weighted by Gasteiger charge is -2.11. The Morgan fingerprint density at radius 2 is 1.89 bits per heavy atom. The summed E-state index contributed by atoms with van der Waals surface area (Å²) in [5.41, 5.74) is 3.83. The number of rotatable bonds is 3. The quantitative estimate of drug-likeness (QED) is 0.920. The first-order valence-electron chi connectivity index (χ1n) is 5.87. The van der Waals surface area contributed by atoms with E-state index in [4.69, 9.17) is 9.84 Å². The highest BCUT2D eigenvalue weighted by Crippen LogP contribution is 2.32. The molecular formula is C14H16N2O3. The van der Waals surface area contributed by atoms with Crippen molar-refractivity contribution in [1.82, 2.24) is 9.78 Å². The predicted molar refractivity (Wildman–Crippen MR) is 71.6 cm³/mol. The van der Waals surface area contributed by atoms with Crippen molar-refractivity contribution in [2.75, 3.05) is 7.11 Å². The van der Waals surface area contributed by atoms with Crippen LogP contribution in [0.25, 0.3) is 11.3 Å². The molecule has 0 bridgehead atoms. The van der Waals surface area contributed by atoms with E-state index in [-0.39, 0.29) is 5.69 Å². The van der Waals surface area contributed by atoms with Gasteiger partial charge in [0.05, 0.1) is 12.8 Å². The van der Waals surface area contributed by atoms with Gasteiger partial charge in [0.2, 0.25) is 0 Å². The molecule has 0 unspecified atom stereocenters. The number of aromatic carboxylic acids is 1. The van der Waals surface area contributed by atoms with Crippen molar-refractivity contribution in [2.45, 2.75) is 13.8 Å². The molecule has 0 spiro atoms. The van der Waals surface area contributed by atoms with Crippen LogP contribution in [-0.4, -0.2) is 28.0 Å². The molecule has 0 aliphatic heterocycles. The van der Waals surface area contributed by atoms with Crippen molar-refractivity contribution in [3.63, 3.8) is 0 Å². The molecule has 2 aromatic rings. The molecule has 100 valence electrons. The molecule has 0 saturated heterocycles. The van der Waals surface area contributed by atoms with Gasteiger partial charge in [-0.2, -0.15) is 5.10 Å². The van der Waals surface area contributed by atoms with Gasteiger partial charge in [-0.25, -0.2) is 4.79 Å². The van der Waals surface area contributed by atoms with E-state index in [1.807, 2.05) is 26.0 Å². The van der Waals surface area contributed by atoms with Crippen molar-refractivity contribution >= 4 is 5.97 Å². The molecule has 5 nitrogen and oxygen atoms in total. The number of carboxylic acid groups (broad SMARTS) is 1. The van der Waals surface area contributed by atoms with Gasteiger partial charge in [-0.15, -0.1) is 0 Å². The Balaban J connectivity index is 2.64. The van der Waals surface area contributed by atoms with Crippen LogP contribution in [0.5, 0.6) is 5.75 Å². The van der Waals surface area contributed by atoms with Crippen LogP contribution in [-0.2, 0) is 7.05 Å². The molecule has 19 heavy (non-hydrogen) atoms. The molecule has 1 aromatic carbocycles. The summed E-state index contributed by atoms with van der Waals surface area (Å²) in [6.45, 7) is 4.01. The molecule has 0 atom stereocenters. The summed E-state index contributed by atoms with van der Waals surface area (Å²) in [4.78, 5) is 11.0. The van der Waals surface area contributed by atoms with Crippen LogP contribution in [0, 0.1) is 13.8 Å². The first kappa shape index (κ1) is 13.1. The average molecular weight is 260 g/mol. The van der Waals surface area contributed by atoms with Crippen LogP contribution < -0.4 is 4.74 Å². The maximum atomic E-state index is 11.0. The van der Waals surface area contributed by atoms with E-state index in [2.05, 4.69) is 5.10 Å². The van der Waals surface area contributed by atoms with Gasteiger partial charge in [0, 0.05) is 12.6 Å². The normalized spacial score (nSPS) is 10.5. The van der Waals surface area contributed by atoms with E-state index in [9.17, 15) is 4.79 Å². The highest BCUT2D eigenvalue weighted by Gasteiger charge is 2.16. The molecule has 0 radical (unpaired) electrons. The number of aromatic nitrogens is 2. The third-order valence-electron chi connectivity index (χ3n) is 3.19. The van der Waals surface area contributed by atoms with E-state index in [0.29, 0.717) is 5.75 Å². The van der Waals surface area contributed by atoms with Crippen molar-refractivity contribution in [2.24, 2.45) is 7.05 Å². The van der Waals surface area contributed by atoms with Gasteiger partial charge in [0.25, 0.3) is 0 Å². The summed E-state index contributed by atoms with van der Waals surface area (Å²) in [5, 5.41) is 13.0. The third-order valence-corrected chi connectivity index (χ3v) is 3.19. The van der Waals surface area contributed by atoms with E-state index >= 15 is 0 Å². The highest BCUT2D eigenvalue weighted by atomic mass is 16.5. The molecule has 0 saturated carbocycles. The number of aryl methyl sites for hydroxylation is 3. The minimum atomic E-state index is -1.04. The Kier molecular flexibility index (Phi) is 3.29. The molecule has 0 fully saturated rings. The number of methoxy groups -OCH3 is 1. The number of carboxylic acids is 1. The number of hydrogen-bond acceptors (Lipinski definition) is 3. The Morgan fingerprint density at radius 1 is 1.26 bits per heavy atom. The molecule has 0 amide bonds. The summed E-state index contributed by atoms with van der Waals surface area (Å²) >= 11 is 0. The Bertz CT molecular complexity index is 644. The number of benzene rings is 1. The molecule has 2 rings (SSSR count). The number of carbonyl (C=O) groups is 1. The Labute approximate surface area is 111 Å². The third kappa shape index (κ3) is 2.31. The maximum absolute atomic E-state index is 11.0. The fourth-order valence-corrected chi connectivity index (χ4v) is 1.98. The highest BCUT2D eigenvalue weighted by molar-refractivity contribution is 5.87. The van der Waals surface area contributed by atoms with Crippen molar-refractivity contribution in [3.8, 4) is 17.0 Å². The summed E-state index contributed by atoms with van der Waals surface area (Å²) < 4.78 is 6.92. The first-order valence-corrected chi connectivity index (χ1v) is 5.87.